The van der Waals surface area contributed by atoms with Gasteiger partial charge in [-0.15, -0.1) is 0 Å². The largest absolute Gasteiger partial charge is 0.389 e. The maximum atomic E-state index is 9.68. The lowest BCUT2D eigenvalue weighted by molar-refractivity contribution is 0.188. The van der Waals surface area contributed by atoms with Crippen molar-refractivity contribution in [3.05, 3.63) is 47.7 Å². The highest BCUT2D eigenvalue weighted by molar-refractivity contribution is 5.83. The Morgan fingerprint density at radius 3 is 2.89 bits per heavy atom. The summed E-state index contributed by atoms with van der Waals surface area (Å²) in [5.74, 6) is 0. The number of hydrogen-bond acceptors (Lipinski definition) is 2. The fraction of sp³-hybridized carbons (Fsp3) is 0.375. The van der Waals surface area contributed by atoms with E-state index in [9.17, 15) is 5.11 Å². The molecular weight excluding hydrogens is 236 g/mol. The predicted octanol–water partition coefficient (Wildman–Crippen LogP) is 2.85. The Kier molecular flexibility index (Phi) is 3.17. The standard InChI is InChI=1S/C16H20N2O/c1-11(19)12-7-8-16(18(2)10-12)14-9-17-15-6-4-3-5-13(14)15/h3-7,9,11,16-17,19H,8,10H2,1-2H3. The number of aliphatic hydroxyl groups excluding tert-OH is 1. The average molecular weight is 256 g/mol. The minimum atomic E-state index is -0.341. The Bertz CT molecular complexity index is 612. The molecule has 0 amide bonds. The number of aromatic amines is 1. The van der Waals surface area contributed by atoms with Gasteiger partial charge in [-0.25, -0.2) is 0 Å². The van der Waals surface area contributed by atoms with Crippen LogP contribution >= 0.6 is 0 Å². The first-order chi connectivity index (χ1) is 9.16. The molecule has 100 valence electrons. The van der Waals surface area contributed by atoms with Crippen molar-refractivity contribution in [2.75, 3.05) is 13.6 Å². The van der Waals surface area contributed by atoms with Crippen LogP contribution in [0.15, 0.2) is 42.1 Å². The van der Waals surface area contributed by atoms with Crippen molar-refractivity contribution >= 4 is 10.9 Å². The maximum absolute atomic E-state index is 9.68. The molecule has 3 heteroatoms. The number of nitrogens with one attached hydrogen (secondary N) is 1. The molecule has 2 aromatic rings. The van der Waals surface area contributed by atoms with E-state index in [4.69, 9.17) is 0 Å². The topological polar surface area (TPSA) is 39.3 Å². The van der Waals surface area contributed by atoms with E-state index in [0.29, 0.717) is 6.04 Å². The molecule has 1 aromatic carbocycles. The summed E-state index contributed by atoms with van der Waals surface area (Å²) in [5.41, 5.74) is 3.66. The van der Waals surface area contributed by atoms with Crippen LogP contribution in [-0.2, 0) is 0 Å². The zero-order valence-corrected chi connectivity index (χ0v) is 11.4. The molecular formula is C16H20N2O. The van der Waals surface area contributed by atoms with E-state index >= 15 is 0 Å². The average Bonchev–Trinajstić information content (AvgIpc) is 2.82. The van der Waals surface area contributed by atoms with Gasteiger partial charge in [0.2, 0.25) is 0 Å². The Morgan fingerprint density at radius 2 is 2.16 bits per heavy atom. The van der Waals surface area contributed by atoms with Crippen LogP contribution in [0.25, 0.3) is 10.9 Å². The number of aromatic nitrogens is 1. The normalized spacial score (nSPS) is 22.5. The SMILES string of the molecule is CC(O)C1=CCC(c2c[nH]c3ccccc23)N(C)C1. The third kappa shape index (κ3) is 2.20. The van der Waals surface area contributed by atoms with Gasteiger partial charge >= 0.3 is 0 Å². The molecule has 2 unspecified atom stereocenters. The third-order valence-electron chi connectivity index (χ3n) is 4.08. The van der Waals surface area contributed by atoms with Crippen LogP contribution in [0.4, 0.5) is 0 Å². The van der Waals surface area contributed by atoms with Gasteiger partial charge in [-0.1, -0.05) is 24.3 Å². The van der Waals surface area contributed by atoms with Crippen LogP contribution in [0.3, 0.4) is 0 Å². The van der Waals surface area contributed by atoms with Gasteiger partial charge in [0.25, 0.3) is 0 Å². The summed E-state index contributed by atoms with van der Waals surface area (Å²) in [6.07, 6.45) is 4.93. The summed E-state index contributed by atoms with van der Waals surface area (Å²) in [6, 6.07) is 8.80. The van der Waals surface area contributed by atoms with Crippen LogP contribution in [0, 0.1) is 0 Å². The fourth-order valence-corrected chi connectivity index (χ4v) is 2.94. The van der Waals surface area contributed by atoms with Crippen molar-refractivity contribution in [1.29, 1.82) is 0 Å². The van der Waals surface area contributed by atoms with Crippen LogP contribution in [0.5, 0.6) is 0 Å². The van der Waals surface area contributed by atoms with Crippen molar-refractivity contribution in [3.63, 3.8) is 0 Å². The van der Waals surface area contributed by atoms with Crippen LogP contribution in [0.2, 0.25) is 0 Å². The quantitative estimate of drug-likeness (QED) is 0.811. The Morgan fingerprint density at radius 1 is 1.37 bits per heavy atom. The van der Waals surface area contributed by atoms with Crippen molar-refractivity contribution in [2.45, 2.75) is 25.5 Å². The second kappa shape index (κ2) is 4.83. The molecule has 1 aliphatic heterocycles. The summed E-state index contributed by atoms with van der Waals surface area (Å²) >= 11 is 0. The van der Waals surface area contributed by atoms with E-state index < -0.39 is 0 Å². The highest BCUT2D eigenvalue weighted by Gasteiger charge is 2.24. The first-order valence-electron chi connectivity index (χ1n) is 6.80. The molecule has 3 nitrogen and oxygen atoms in total. The highest BCUT2D eigenvalue weighted by atomic mass is 16.3. The molecule has 0 saturated heterocycles. The fourth-order valence-electron chi connectivity index (χ4n) is 2.94. The Balaban J connectivity index is 1.95. The van der Waals surface area contributed by atoms with Crippen molar-refractivity contribution in [3.8, 4) is 0 Å². The smallest absolute Gasteiger partial charge is 0.0734 e. The molecule has 2 atom stereocenters. The van der Waals surface area contributed by atoms with E-state index in [2.05, 4.69) is 53.5 Å². The Labute approximate surface area is 113 Å². The highest BCUT2D eigenvalue weighted by Crippen LogP contribution is 2.33. The molecule has 0 radical (unpaired) electrons. The zero-order valence-electron chi connectivity index (χ0n) is 11.4. The molecule has 2 heterocycles. The van der Waals surface area contributed by atoms with E-state index in [0.717, 1.165) is 18.5 Å². The van der Waals surface area contributed by atoms with Gasteiger partial charge in [0, 0.05) is 29.7 Å². The molecule has 1 aromatic heterocycles. The minimum absolute atomic E-state index is 0.341. The van der Waals surface area contributed by atoms with E-state index in [1.165, 1.54) is 16.5 Å². The van der Waals surface area contributed by atoms with Gasteiger partial charge in [-0.2, -0.15) is 0 Å². The summed E-state index contributed by atoms with van der Waals surface area (Å²) in [4.78, 5) is 5.66. The minimum Gasteiger partial charge on any atom is -0.389 e. The van der Waals surface area contributed by atoms with Gasteiger partial charge < -0.3 is 10.1 Å². The first kappa shape index (κ1) is 12.5. The number of fused-ring (bicyclic) bond motifs is 1. The third-order valence-corrected chi connectivity index (χ3v) is 4.08. The van der Waals surface area contributed by atoms with Gasteiger partial charge in [0.05, 0.1) is 6.10 Å². The van der Waals surface area contributed by atoms with Crippen molar-refractivity contribution in [1.82, 2.24) is 9.88 Å². The number of likely N-dealkylation sites (N-methyl/N-ethyl adjacent to an activating group) is 1. The zero-order chi connectivity index (χ0) is 13.4. The lowest BCUT2D eigenvalue weighted by Gasteiger charge is -2.33. The molecule has 0 spiro atoms. The van der Waals surface area contributed by atoms with Crippen molar-refractivity contribution < 1.29 is 5.11 Å². The number of aliphatic hydroxyl groups is 1. The molecule has 0 bridgehead atoms. The number of benzene rings is 1. The second-order valence-electron chi connectivity index (χ2n) is 5.41. The first-order valence-corrected chi connectivity index (χ1v) is 6.80. The van der Waals surface area contributed by atoms with Gasteiger partial charge in [0.1, 0.15) is 0 Å². The van der Waals surface area contributed by atoms with Crippen molar-refractivity contribution in [2.24, 2.45) is 0 Å². The molecule has 1 aliphatic rings. The molecule has 0 fully saturated rings. The van der Waals surface area contributed by atoms with Gasteiger partial charge in [-0.3, -0.25) is 4.90 Å². The van der Waals surface area contributed by atoms with E-state index in [1.54, 1.807) is 0 Å². The lowest BCUT2D eigenvalue weighted by Crippen LogP contribution is -2.32. The van der Waals surface area contributed by atoms with Gasteiger partial charge in [-0.05, 0) is 37.6 Å². The summed E-state index contributed by atoms with van der Waals surface area (Å²) < 4.78 is 0. The van der Waals surface area contributed by atoms with Crippen LogP contribution < -0.4 is 0 Å². The molecule has 19 heavy (non-hydrogen) atoms. The predicted molar refractivity (Wildman–Crippen MR) is 78.1 cm³/mol. The monoisotopic (exact) mass is 256 g/mol. The number of nitrogens with zero attached hydrogens (tertiary/aromatic N) is 1. The van der Waals surface area contributed by atoms with Crippen LogP contribution in [-0.4, -0.2) is 34.7 Å². The number of para-hydroxylation sites is 1. The molecule has 3 rings (SSSR count). The molecule has 0 saturated carbocycles. The van der Waals surface area contributed by atoms with Gasteiger partial charge in [0.15, 0.2) is 0 Å². The Hall–Kier alpha value is -1.58. The summed E-state index contributed by atoms with van der Waals surface area (Å²) in [6.45, 7) is 2.67. The summed E-state index contributed by atoms with van der Waals surface area (Å²) in [7, 11) is 2.13. The molecule has 0 aliphatic carbocycles. The summed E-state index contributed by atoms with van der Waals surface area (Å²) in [5, 5.41) is 11.0. The number of H-pyrrole nitrogens is 1. The maximum Gasteiger partial charge on any atom is 0.0734 e. The molecule has 2 N–H and O–H groups in total. The van der Waals surface area contributed by atoms with E-state index in [-0.39, 0.29) is 6.10 Å². The van der Waals surface area contributed by atoms with Crippen LogP contribution in [0.1, 0.15) is 24.9 Å². The second-order valence-corrected chi connectivity index (χ2v) is 5.41. The lowest BCUT2D eigenvalue weighted by atomic mass is 9.94. The number of rotatable bonds is 2. The van der Waals surface area contributed by atoms with E-state index in [1.807, 2.05) is 6.92 Å². The number of hydrogen-bond donors (Lipinski definition) is 2.